The van der Waals surface area contributed by atoms with Crippen molar-refractivity contribution in [2.45, 2.75) is 52.7 Å². The minimum atomic E-state index is -0.551. The van der Waals surface area contributed by atoms with E-state index in [2.05, 4.69) is 0 Å². The van der Waals surface area contributed by atoms with Crippen LogP contribution < -0.4 is 0 Å². The summed E-state index contributed by atoms with van der Waals surface area (Å²) >= 11 is 12.5. The molecule has 0 unspecified atom stereocenters. The number of benzene rings is 1. The molecule has 1 heterocycles. The molecule has 0 aromatic heterocycles. The van der Waals surface area contributed by atoms with E-state index >= 15 is 0 Å². The Kier molecular flexibility index (Phi) is 7.40. The van der Waals surface area contributed by atoms with Crippen LogP contribution in [-0.2, 0) is 16.1 Å². The monoisotopic (exact) mass is 414 g/mol. The van der Waals surface area contributed by atoms with Crippen LogP contribution in [0.25, 0.3) is 0 Å². The fourth-order valence-corrected chi connectivity index (χ4v) is 3.67. The molecule has 150 valence electrons. The summed E-state index contributed by atoms with van der Waals surface area (Å²) in [6.07, 6.45) is 1.17. The lowest BCUT2D eigenvalue weighted by atomic mass is 9.96. The SMILES string of the molecule is CCN(Cc1c(Cl)cccc1Cl)C(=O)[C@H]1CCCN(C(=O)OC(C)(C)C)C1. The van der Waals surface area contributed by atoms with Crippen LogP contribution >= 0.6 is 23.2 Å². The van der Waals surface area contributed by atoms with Crippen molar-refractivity contribution in [3.8, 4) is 0 Å². The number of ether oxygens (including phenoxy) is 1. The standard InChI is InChI=1S/C20H28Cl2N2O3/c1-5-23(13-15-16(21)9-6-10-17(15)22)18(25)14-8-7-11-24(12-14)19(26)27-20(2,3)4/h6,9-10,14H,5,7-8,11-13H2,1-4H3/t14-/m0/s1. The highest BCUT2D eigenvalue weighted by Crippen LogP contribution is 2.27. The molecule has 5 nitrogen and oxygen atoms in total. The Balaban J connectivity index is 2.07. The van der Waals surface area contributed by atoms with Gasteiger partial charge in [0, 0.05) is 41.8 Å². The summed E-state index contributed by atoms with van der Waals surface area (Å²) in [4.78, 5) is 28.8. The van der Waals surface area contributed by atoms with Crippen molar-refractivity contribution in [1.29, 1.82) is 0 Å². The lowest BCUT2D eigenvalue weighted by Crippen LogP contribution is -2.47. The number of hydrogen-bond acceptors (Lipinski definition) is 3. The number of likely N-dealkylation sites (tertiary alicyclic amines) is 1. The summed E-state index contributed by atoms with van der Waals surface area (Å²) in [5.41, 5.74) is 0.195. The third-order valence-electron chi connectivity index (χ3n) is 4.53. The van der Waals surface area contributed by atoms with Gasteiger partial charge in [-0.1, -0.05) is 29.3 Å². The first-order chi connectivity index (χ1) is 12.6. The molecular formula is C20H28Cl2N2O3. The summed E-state index contributed by atoms with van der Waals surface area (Å²) in [5.74, 6) is -0.228. The average molecular weight is 415 g/mol. The van der Waals surface area contributed by atoms with Gasteiger partial charge in [0.1, 0.15) is 5.60 Å². The van der Waals surface area contributed by atoms with Gasteiger partial charge < -0.3 is 14.5 Å². The number of carbonyl (C=O) groups excluding carboxylic acids is 2. The second-order valence-corrected chi connectivity index (χ2v) is 8.63. The Morgan fingerprint density at radius 2 is 1.89 bits per heavy atom. The molecule has 1 aromatic carbocycles. The topological polar surface area (TPSA) is 49.9 Å². The highest BCUT2D eigenvalue weighted by molar-refractivity contribution is 6.36. The zero-order valence-corrected chi connectivity index (χ0v) is 17.9. The van der Waals surface area contributed by atoms with Crippen molar-refractivity contribution in [2.75, 3.05) is 19.6 Å². The molecule has 2 rings (SSSR count). The highest BCUT2D eigenvalue weighted by Gasteiger charge is 2.33. The minimum absolute atomic E-state index is 0.0155. The van der Waals surface area contributed by atoms with Gasteiger partial charge in [0.15, 0.2) is 0 Å². The molecule has 27 heavy (non-hydrogen) atoms. The van der Waals surface area contributed by atoms with Gasteiger partial charge in [-0.25, -0.2) is 4.79 Å². The van der Waals surface area contributed by atoms with E-state index in [1.54, 1.807) is 28.0 Å². The van der Waals surface area contributed by atoms with Crippen molar-refractivity contribution in [3.05, 3.63) is 33.8 Å². The zero-order valence-electron chi connectivity index (χ0n) is 16.4. The molecular weight excluding hydrogens is 387 g/mol. The van der Waals surface area contributed by atoms with Crippen molar-refractivity contribution < 1.29 is 14.3 Å². The maximum absolute atomic E-state index is 13.1. The van der Waals surface area contributed by atoms with Gasteiger partial charge in [0.05, 0.1) is 5.92 Å². The molecule has 1 fully saturated rings. The quantitative estimate of drug-likeness (QED) is 0.696. The molecule has 0 saturated carbocycles. The smallest absolute Gasteiger partial charge is 0.410 e. The largest absolute Gasteiger partial charge is 0.444 e. The lowest BCUT2D eigenvalue weighted by molar-refractivity contribution is -0.137. The lowest BCUT2D eigenvalue weighted by Gasteiger charge is -2.35. The first-order valence-electron chi connectivity index (χ1n) is 9.32. The van der Waals surface area contributed by atoms with E-state index < -0.39 is 5.60 Å². The van der Waals surface area contributed by atoms with Gasteiger partial charge in [0.25, 0.3) is 0 Å². The summed E-state index contributed by atoms with van der Waals surface area (Å²) in [5, 5.41) is 1.10. The Morgan fingerprint density at radius 3 is 2.44 bits per heavy atom. The van der Waals surface area contributed by atoms with E-state index in [4.69, 9.17) is 27.9 Å². The fraction of sp³-hybridized carbons (Fsp3) is 0.600. The van der Waals surface area contributed by atoms with Crippen LogP contribution in [-0.4, -0.2) is 47.0 Å². The first kappa shape index (κ1) is 21.8. The fourth-order valence-electron chi connectivity index (χ4n) is 3.15. The number of carbonyl (C=O) groups is 2. The second kappa shape index (κ2) is 9.16. The van der Waals surface area contributed by atoms with Crippen LogP contribution in [0.15, 0.2) is 18.2 Å². The van der Waals surface area contributed by atoms with E-state index in [-0.39, 0.29) is 17.9 Å². The van der Waals surface area contributed by atoms with Crippen molar-refractivity contribution >= 4 is 35.2 Å². The molecule has 0 spiro atoms. The number of amides is 2. The van der Waals surface area contributed by atoms with Gasteiger partial charge >= 0.3 is 6.09 Å². The van der Waals surface area contributed by atoms with Gasteiger partial charge in [0.2, 0.25) is 5.91 Å². The Hall–Kier alpha value is -1.46. The summed E-state index contributed by atoms with van der Waals surface area (Å²) < 4.78 is 5.45. The molecule has 1 aromatic rings. The first-order valence-corrected chi connectivity index (χ1v) is 10.1. The van der Waals surface area contributed by atoms with E-state index in [0.717, 1.165) is 18.4 Å². The van der Waals surface area contributed by atoms with Gasteiger partial charge in [-0.15, -0.1) is 0 Å². The van der Waals surface area contributed by atoms with E-state index in [9.17, 15) is 9.59 Å². The molecule has 1 aliphatic heterocycles. The molecule has 2 amide bonds. The van der Waals surface area contributed by atoms with E-state index in [1.165, 1.54) is 0 Å². The van der Waals surface area contributed by atoms with Gasteiger partial charge in [-0.3, -0.25) is 4.79 Å². The van der Waals surface area contributed by atoms with Crippen molar-refractivity contribution in [1.82, 2.24) is 9.80 Å². The van der Waals surface area contributed by atoms with Crippen LogP contribution in [0.2, 0.25) is 10.0 Å². The van der Waals surface area contributed by atoms with E-state index in [1.807, 2.05) is 27.7 Å². The van der Waals surface area contributed by atoms with Crippen LogP contribution in [0.4, 0.5) is 4.79 Å². The van der Waals surface area contributed by atoms with Gasteiger partial charge in [-0.2, -0.15) is 0 Å². The van der Waals surface area contributed by atoms with Crippen LogP contribution in [0, 0.1) is 5.92 Å². The Bertz CT molecular complexity index is 668. The summed E-state index contributed by atoms with van der Waals surface area (Å²) in [6.45, 7) is 9.33. The molecule has 1 aliphatic rings. The Labute approximate surface area is 171 Å². The summed E-state index contributed by atoms with van der Waals surface area (Å²) in [6, 6.07) is 5.32. The van der Waals surface area contributed by atoms with Crippen molar-refractivity contribution in [3.63, 3.8) is 0 Å². The third-order valence-corrected chi connectivity index (χ3v) is 5.23. The number of halogens is 2. The second-order valence-electron chi connectivity index (χ2n) is 7.82. The molecule has 0 bridgehead atoms. The molecule has 0 radical (unpaired) electrons. The average Bonchev–Trinajstić information content (AvgIpc) is 2.60. The highest BCUT2D eigenvalue weighted by atomic mass is 35.5. The zero-order chi connectivity index (χ0) is 20.2. The number of nitrogens with zero attached hydrogens (tertiary/aromatic N) is 2. The maximum Gasteiger partial charge on any atom is 0.410 e. The van der Waals surface area contributed by atoms with Gasteiger partial charge in [-0.05, 0) is 52.7 Å². The molecule has 1 atom stereocenters. The van der Waals surface area contributed by atoms with Crippen molar-refractivity contribution in [2.24, 2.45) is 5.92 Å². The summed E-state index contributed by atoms with van der Waals surface area (Å²) in [7, 11) is 0. The number of rotatable bonds is 4. The predicted molar refractivity (Wildman–Crippen MR) is 108 cm³/mol. The molecule has 0 aliphatic carbocycles. The third kappa shape index (κ3) is 6.01. The Morgan fingerprint density at radius 1 is 1.26 bits per heavy atom. The molecule has 7 heteroatoms. The molecule has 0 N–H and O–H groups in total. The van der Waals surface area contributed by atoms with Crippen LogP contribution in [0.5, 0.6) is 0 Å². The van der Waals surface area contributed by atoms with E-state index in [0.29, 0.717) is 36.2 Å². The molecule has 1 saturated heterocycles. The van der Waals surface area contributed by atoms with Crippen LogP contribution in [0.1, 0.15) is 46.1 Å². The maximum atomic E-state index is 13.1. The normalized spacial score (nSPS) is 17.6. The number of piperidine rings is 1. The van der Waals surface area contributed by atoms with Crippen LogP contribution in [0.3, 0.4) is 0 Å². The number of hydrogen-bond donors (Lipinski definition) is 0. The minimum Gasteiger partial charge on any atom is -0.444 e. The predicted octanol–water partition coefficient (Wildman–Crippen LogP) is 4.99.